The van der Waals surface area contributed by atoms with Crippen molar-refractivity contribution >= 4 is 60.9 Å². The molecule has 0 atom stereocenters. The van der Waals surface area contributed by atoms with Crippen LogP contribution in [0.1, 0.15) is 188 Å². The van der Waals surface area contributed by atoms with E-state index in [1.165, 1.54) is 101 Å². The maximum atomic E-state index is 14.8. The van der Waals surface area contributed by atoms with E-state index >= 15 is 0 Å². The van der Waals surface area contributed by atoms with Crippen molar-refractivity contribution in [3.8, 4) is 22.6 Å². The topological polar surface area (TPSA) is 71.1 Å². The molecule has 1 heterocycles. The monoisotopic (exact) mass is 1380 g/mol. The van der Waals surface area contributed by atoms with Gasteiger partial charge in [-0.2, -0.15) is 0 Å². The zero-order valence-corrected chi connectivity index (χ0v) is 53.9. The zero-order chi connectivity index (χ0) is 66.4. The first-order valence-electron chi connectivity index (χ1n) is 30.0. The van der Waals surface area contributed by atoms with E-state index in [0.29, 0.717) is 35.7 Å². The van der Waals surface area contributed by atoms with Crippen molar-refractivity contribution < 1.29 is 84.8 Å². The summed E-state index contributed by atoms with van der Waals surface area (Å²) >= 11 is 2.79. The van der Waals surface area contributed by atoms with E-state index in [1.54, 1.807) is 12.1 Å². The van der Waals surface area contributed by atoms with E-state index in [0.717, 1.165) is 60.3 Å². The second kappa shape index (κ2) is 26.8. The molecule has 0 bridgehead atoms. The molecule has 0 amide bonds. The highest BCUT2D eigenvalue weighted by molar-refractivity contribution is 9.10. The van der Waals surface area contributed by atoms with Gasteiger partial charge in [0.25, 0.3) is 0 Å². The Hall–Kier alpha value is -5.56. The average Bonchev–Trinajstić information content (AvgIpc) is 0.973. The molecule has 1 aliphatic heterocycles. The van der Waals surface area contributed by atoms with Crippen LogP contribution >= 0.6 is 36.4 Å². The van der Waals surface area contributed by atoms with Gasteiger partial charge in [0, 0.05) is 4.47 Å². The summed E-state index contributed by atoms with van der Waals surface area (Å²) in [6.07, 6.45) is 20.8. The molecule has 0 spiro atoms. The Labute approximate surface area is 525 Å². The lowest BCUT2D eigenvalue weighted by Crippen LogP contribution is -2.41. The number of esters is 2. The number of hydrogen-bond donors (Lipinski definition) is 0. The number of rotatable bonds is 18. The fourth-order valence-corrected chi connectivity index (χ4v) is 13.0. The van der Waals surface area contributed by atoms with Gasteiger partial charge in [-0.15, -0.1) is 0 Å². The maximum Gasteiger partial charge on any atom is 0.494 e. The maximum absolute atomic E-state index is 14.8. The second-order valence-corrected chi connectivity index (χ2v) is 30.3. The third-order valence-corrected chi connectivity index (χ3v) is 20.0. The van der Waals surface area contributed by atoms with Crippen LogP contribution in [0, 0.1) is 35.1 Å². The minimum absolute atomic E-state index is 0.00859. The number of unbranched alkanes of at least 4 members (excludes halogenated alkanes) is 4. The van der Waals surface area contributed by atoms with Gasteiger partial charge in [-0.1, -0.05) is 169 Å². The van der Waals surface area contributed by atoms with Crippen molar-refractivity contribution in [3.63, 3.8) is 0 Å². The van der Waals surface area contributed by atoms with Crippen molar-refractivity contribution in [2.45, 2.75) is 177 Å². The van der Waals surface area contributed by atoms with E-state index in [9.17, 15) is 66.0 Å². The zero-order valence-electron chi connectivity index (χ0n) is 50.7. The van der Waals surface area contributed by atoms with Crippen molar-refractivity contribution in [3.05, 3.63) is 171 Å². The van der Waals surface area contributed by atoms with Crippen LogP contribution in [-0.4, -0.2) is 30.3 Å². The molecule has 3 fully saturated rings. The first-order valence-corrected chi connectivity index (χ1v) is 34.7. The predicted octanol–water partition coefficient (Wildman–Crippen LogP) is 23.8. The average molecular weight is 1380 g/mol. The van der Waals surface area contributed by atoms with Gasteiger partial charge in [-0.05, 0) is 203 Å². The molecule has 90 heavy (non-hydrogen) atoms. The van der Waals surface area contributed by atoms with Gasteiger partial charge in [-0.25, -0.2) is 27.2 Å². The van der Waals surface area contributed by atoms with E-state index in [-0.39, 0.29) is 52.6 Å². The number of benzene rings is 6. The summed E-state index contributed by atoms with van der Waals surface area (Å²) in [6, 6.07) is 21.9. The molecule has 1 saturated heterocycles. The van der Waals surface area contributed by atoms with Crippen LogP contribution in [-0.2, 0) is 9.31 Å². The number of halogens is 15. The normalized spacial score (nSPS) is 20.6. The SMILES string of the molecule is CCCCCC1CCC(c2ccc(-c3cc(F)c(C(=O)Oc4ccc(S(F)(F)(F)(F)F)cc4)c(F)c3)cc2)CC1.CCCCCC1CCC(c2ccc(B3OC(C)(C)C(C)(C)O3)cc2)CC1.O=C(Oc1ccc(S(F)(F)(F)(F)F)cc1)c1c(F)cc(Br)cc1F. The lowest BCUT2D eigenvalue weighted by Gasteiger charge is -2.40. The molecule has 2 aliphatic carbocycles. The third kappa shape index (κ3) is 19.5. The van der Waals surface area contributed by atoms with Crippen LogP contribution in [0.2, 0.25) is 0 Å². The van der Waals surface area contributed by atoms with Crippen molar-refractivity contribution in [1.82, 2.24) is 0 Å². The predicted molar refractivity (Wildman–Crippen MR) is 331 cm³/mol. The first-order chi connectivity index (χ1) is 41.6. The van der Waals surface area contributed by atoms with E-state index in [2.05, 4.69) is 86.5 Å². The van der Waals surface area contributed by atoms with E-state index < -0.39 is 88.1 Å². The minimum Gasteiger partial charge on any atom is -0.423 e. The summed E-state index contributed by atoms with van der Waals surface area (Å²) in [5.41, 5.74) is 1.88. The summed E-state index contributed by atoms with van der Waals surface area (Å²) in [7, 11) is -20.0. The highest BCUT2D eigenvalue weighted by Crippen LogP contribution is 3.02. The highest BCUT2D eigenvalue weighted by Gasteiger charge is 2.66. The molecular formula is C66H74BBrF14O6S2. The lowest BCUT2D eigenvalue weighted by molar-refractivity contribution is 0.00578. The summed E-state index contributed by atoms with van der Waals surface area (Å²) in [5.74, 6) is -6.26. The molecular weight excluding hydrogens is 1310 g/mol. The molecule has 6 aromatic rings. The minimum atomic E-state index is -9.91. The fraction of sp³-hybridized carbons (Fsp3) is 0.424. The molecule has 6 nitrogen and oxygen atoms in total. The Balaban J connectivity index is 0.000000201. The Morgan fingerprint density at radius 2 is 0.811 bits per heavy atom. The first kappa shape index (κ1) is 71.9. The number of hydrogen-bond acceptors (Lipinski definition) is 6. The standard InChI is InChI=1S/C30H31F7O2S.C23H37BO2.C13H6BrF7O2S/c1-2-3-4-5-20-6-8-21(9-7-20)22-10-12-23(13-11-22)24-18-27(31)29(28(32)19-24)30(38)39-25-14-16-26(17-15-25)40(33,34,35,36)37;1-6-7-8-9-18-10-12-19(13-11-18)20-14-16-21(17-15-20)24-25-22(2,3)23(4,5)26-24;14-7-5-10(15)12(11(16)6-7)13(22)23-8-1-3-9(4-2-8)24(17,18,19,20)21/h10-21H,2-9H2,1H3;14-19H,6-13H2,1-5H3;1-6H. The van der Waals surface area contributed by atoms with Crippen molar-refractivity contribution in [1.29, 1.82) is 0 Å². The largest absolute Gasteiger partial charge is 0.494 e. The summed E-state index contributed by atoms with van der Waals surface area (Å²) in [6.45, 7) is 12.9. The molecule has 6 aromatic carbocycles. The third-order valence-electron chi connectivity index (χ3n) is 17.2. The van der Waals surface area contributed by atoms with Crippen LogP contribution in [0.5, 0.6) is 11.5 Å². The molecule has 3 aliphatic rings. The van der Waals surface area contributed by atoms with Gasteiger partial charge in [0.2, 0.25) is 0 Å². The quantitative estimate of drug-likeness (QED) is 0.0281. The smallest absolute Gasteiger partial charge is 0.423 e. The number of carbonyl (C=O) groups excluding carboxylic acids is 2. The van der Waals surface area contributed by atoms with Gasteiger partial charge in [0.1, 0.15) is 55.7 Å². The van der Waals surface area contributed by atoms with Gasteiger partial charge in [-0.3, -0.25) is 0 Å². The Bertz CT molecular complexity index is 3390. The molecule has 9 rings (SSSR count). The Morgan fingerprint density at radius 1 is 0.478 bits per heavy atom. The molecule has 0 aromatic heterocycles. The summed E-state index contributed by atoms with van der Waals surface area (Å²) in [4.78, 5) is 19.7. The lowest BCUT2D eigenvalue weighted by atomic mass is 9.75. The number of carbonyl (C=O) groups is 2. The van der Waals surface area contributed by atoms with Crippen LogP contribution < -0.4 is 14.9 Å². The fourth-order valence-electron chi connectivity index (χ4n) is 11.3. The van der Waals surface area contributed by atoms with Gasteiger partial charge < -0.3 is 18.8 Å². The van der Waals surface area contributed by atoms with E-state index in [1.807, 2.05) is 12.1 Å². The van der Waals surface area contributed by atoms with Crippen LogP contribution in [0.15, 0.2) is 136 Å². The molecule has 0 radical (unpaired) electrons. The molecule has 494 valence electrons. The van der Waals surface area contributed by atoms with Crippen molar-refractivity contribution in [2.75, 3.05) is 0 Å². The molecule has 2 saturated carbocycles. The Kier molecular flexibility index (Phi) is 21.4. The van der Waals surface area contributed by atoms with Gasteiger partial charge in [0.15, 0.2) is 0 Å². The van der Waals surface area contributed by atoms with Gasteiger partial charge in [0.05, 0.1) is 11.2 Å². The number of ether oxygens (including phenoxy) is 2. The van der Waals surface area contributed by atoms with Crippen LogP contribution in [0.4, 0.5) is 56.4 Å². The van der Waals surface area contributed by atoms with E-state index in [4.69, 9.17) is 14.0 Å². The molecule has 0 unspecified atom stereocenters. The van der Waals surface area contributed by atoms with Crippen LogP contribution in [0.25, 0.3) is 11.1 Å². The summed E-state index contributed by atoms with van der Waals surface area (Å²) < 4.78 is 205. The highest BCUT2D eigenvalue weighted by atomic mass is 79.9. The summed E-state index contributed by atoms with van der Waals surface area (Å²) in [5, 5.41) is 0. The van der Waals surface area contributed by atoms with Gasteiger partial charge >= 0.3 is 39.5 Å². The van der Waals surface area contributed by atoms with Crippen molar-refractivity contribution in [2.24, 2.45) is 11.8 Å². The molecule has 0 N–H and O–H groups in total. The Morgan fingerprint density at radius 3 is 1.14 bits per heavy atom. The van der Waals surface area contributed by atoms with Crippen LogP contribution in [0.3, 0.4) is 0 Å². The second-order valence-electron chi connectivity index (χ2n) is 24.5. The molecule has 24 heteroatoms.